The van der Waals surface area contributed by atoms with Crippen LogP contribution in [0.15, 0.2) is 122 Å². The van der Waals surface area contributed by atoms with E-state index in [1.54, 1.807) is 0 Å². The molecule has 0 radical (unpaired) electrons. The van der Waals surface area contributed by atoms with Gasteiger partial charge in [0.15, 0.2) is 24.6 Å². The van der Waals surface area contributed by atoms with Gasteiger partial charge in [-0.05, 0) is 128 Å². The summed E-state index contributed by atoms with van der Waals surface area (Å²) >= 11 is 0. The van der Waals surface area contributed by atoms with Crippen LogP contribution in [0.3, 0.4) is 0 Å². The molecule has 0 bridgehead atoms. The predicted octanol–water partition coefficient (Wildman–Crippen LogP) is 17.6. The van der Waals surface area contributed by atoms with Crippen molar-refractivity contribution in [2.75, 3.05) is 13.2 Å². The summed E-state index contributed by atoms with van der Waals surface area (Å²) in [5.74, 6) is -3.24. The van der Waals surface area contributed by atoms with Crippen molar-refractivity contribution in [1.82, 2.24) is 0 Å². The topological polar surface area (TPSA) is 175 Å². The molecule has 0 aliphatic carbocycles. The first kappa shape index (κ1) is 76.1. The molecule has 0 spiro atoms. The molecule has 1 rings (SSSR count). The van der Waals surface area contributed by atoms with Crippen molar-refractivity contribution in [3.05, 3.63) is 122 Å². The van der Waals surface area contributed by atoms with Gasteiger partial charge in [-0.15, -0.1) is 0 Å². The molecule has 1 aliphatic rings. The van der Waals surface area contributed by atoms with Crippen molar-refractivity contribution in [1.29, 1.82) is 0 Å². The number of carboxylic acid groups (broad SMARTS) is 1. The van der Waals surface area contributed by atoms with Crippen molar-refractivity contribution in [3.63, 3.8) is 0 Å². The molecule has 12 nitrogen and oxygen atoms in total. The average molecular weight is 1160 g/mol. The van der Waals surface area contributed by atoms with Crippen molar-refractivity contribution >= 4 is 23.9 Å². The Bertz CT molecular complexity index is 1900. The Hall–Kier alpha value is -4.88. The molecular formula is C71H114O12. The Morgan fingerprint density at radius 1 is 0.410 bits per heavy atom. The highest BCUT2D eigenvalue weighted by atomic mass is 16.7. The minimum Gasteiger partial charge on any atom is -0.479 e. The number of carbonyl (C=O) groups excluding carboxylic acids is 3. The number of hydrogen-bond acceptors (Lipinski definition) is 11. The fourth-order valence-corrected chi connectivity index (χ4v) is 9.03. The Morgan fingerprint density at radius 3 is 1.19 bits per heavy atom. The first-order valence-electron chi connectivity index (χ1n) is 32.5. The van der Waals surface area contributed by atoms with Crippen molar-refractivity contribution in [2.24, 2.45) is 0 Å². The molecule has 0 saturated carbocycles. The summed E-state index contributed by atoms with van der Waals surface area (Å²) in [4.78, 5) is 51.3. The maximum atomic E-state index is 13.2. The number of ether oxygens (including phenoxy) is 5. The van der Waals surface area contributed by atoms with Gasteiger partial charge < -0.3 is 39.0 Å². The van der Waals surface area contributed by atoms with Crippen LogP contribution in [0.4, 0.5) is 0 Å². The van der Waals surface area contributed by atoms with Crippen molar-refractivity contribution in [2.45, 2.75) is 289 Å². The van der Waals surface area contributed by atoms with E-state index in [1.165, 1.54) is 44.9 Å². The van der Waals surface area contributed by atoms with Crippen LogP contribution in [0.25, 0.3) is 0 Å². The van der Waals surface area contributed by atoms with Crippen LogP contribution in [-0.4, -0.2) is 89.2 Å². The highest BCUT2D eigenvalue weighted by Crippen LogP contribution is 2.26. The Labute approximate surface area is 503 Å². The second kappa shape index (κ2) is 57.5. The molecule has 470 valence electrons. The van der Waals surface area contributed by atoms with Crippen LogP contribution >= 0.6 is 0 Å². The second-order valence-corrected chi connectivity index (χ2v) is 21.7. The van der Waals surface area contributed by atoms with Gasteiger partial charge >= 0.3 is 23.9 Å². The van der Waals surface area contributed by atoms with Crippen LogP contribution in [0.1, 0.15) is 252 Å². The van der Waals surface area contributed by atoms with Crippen molar-refractivity contribution < 1.29 is 58.2 Å². The van der Waals surface area contributed by atoms with Gasteiger partial charge in [0.1, 0.15) is 18.8 Å². The Kier molecular flexibility index (Phi) is 52.8. The molecular weight excluding hydrogens is 1040 g/mol. The summed E-state index contributed by atoms with van der Waals surface area (Å²) in [6.07, 6.45) is 67.2. The Balaban J connectivity index is 2.72. The largest absolute Gasteiger partial charge is 0.479 e. The summed E-state index contributed by atoms with van der Waals surface area (Å²) < 4.78 is 28.5. The monoisotopic (exact) mass is 1160 g/mol. The number of rotatable bonds is 54. The number of hydrogen-bond donors (Lipinski definition) is 3. The molecule has 1 saturated heterocycles. The van der Waals surface area contributed by atoms with Gasteiger partial charge in [-0.2, -0.15) is 0 Å². The Morgan fingerprint density at radius 2 is 0.771 bits per heavy atom. The molecule has 12 heteroatoms. The molecule has 1 heterocycles. The van der Waals surface area contributed by atoms with Gasteiger partial charge in [-0.3, -0.25) is 14.4 Å². The van der Waals surface area contributed by atoms with Gasteiger partial charge in [-0.1, -0.05) is 226 Å². The third-order valence-electron chi connectivity index (χ3n) is 14.0. The number of carboxylic acids is 1. The maximum Gasteiger partial charge on any atom is 0.335 e. The van der Waals surface area contributed by atoms with Gasteiger partial charge in [0.25, 0.3) is 0 Å². The fourth-order valence-electron chi connectivity index (χ4n) is 9.03. The van der Waals surface area contributed by atoms with E-state index in [2.05, 4.69) is 130 Å². The lowest BCUT2D eigenvalue weighted by Gasteiger charge is -2.40. The molecule has 6 atom stereocenters. The average Bonchev–Trinajstić information content (AvgIpc) is 3.59. The van der Waals surface area contributed by atoms with E-state index in [0.29, 0.717) is 25.7 Å². The number of aliphatic hydroxyl groups is 2. The summed E-state index contributed by atoms with van der Waals surface area (Å²) in [7, 11) is 0. The van der Waals surface area contributed by atoms with Crippen molar-refractivity contribution in [3.8, 4) is 0 Å². The fraction of sp³-hybridized carbons (Fsp3) is 0.662. The molecule has 3 N–H and O–H groups in total. The normalized spacial score (nSPS) is 18.4. The molecule has 0 aromatic carbocycles. The lowest BCUT2D eigenvalue weighted by Crippen LogP contribution is -2.61. The van der Waals surface area contributed by atoms with Crippen LogP contribution in [0.2, 0.25) is 0 Å². The van der Waals surface area contributed by atoms with Gasteiger partial charge in [0.05, 0.1) is 6.61 Å². The number of aliphatic carboxylic acids is 1. The van der Waals surface area contributed by atoms with Crippen LogP contribution in [0, 0.1) is 0 Å². The van der Waals surface area contributed by atoms with E-state index in [-0.39, 0.29) is 25.9 Å². The van der Waals surface area contributed by atoms with E-state index < -0.39 is 67.3 Å². The molecule has 0 amide bonds. The zero-order valence-corrected chi connectivity index (χ0v) is 51.9. The van der Waals surface area contributed by atoms with E-state index >= 15 is 0 Å². The third-order valence-corrected chi connectivity index (χ3v) is 14.0. The quantitative estimate of drug-likeness (QED) is 0.0228. The molecule has 0 aromatic heterocycles. The van der Waals surface area contributed by atoms with Crippen LogP contribution < -0.4 is 0 Å². The summed E-state index contributed by atoms with van der Waals surface area (Å²) in [6.45, 7) is 5.78. The summed E-state index contributed by atoms with van der Waals surface area (Å²) in [6, 6.07) is 0. The number of aliphatic hydroxyl groups excluding tert-OH is 2. The highest BCUT2D eigenvalue weighted by molar-refractivity contribution is 5.74. The lowest BCUT2D eigenvalue weighted by molar-refractivity contribution is -0.301. The van der Waals surface area contributed by atoms with Gasteiger partial charge in [-0.25, -0.2) is 4.79 Å². The maximum absolute atomic E-state index is 13.2. The first-order valence-corrected chi connectivity index (χ1v) is 32.5. The number of esters is 3. The summed E-state index contributed by atoms with van der Waals surface area (Å²) in [5, 5.41) is 31.6. The minimum absolute atomic E-state index is 0.0376. The third kappa shape index (κ3) is 47.1. The van der Waals surface area contributed by atoms with Crippen LogP contribution in [-0.2, 0) is 42.9 Å². The van der Waals surface area contributed by atoms with E-state index in [4.69, 9.17) is 23.7 Å². The predicted molar refractivity (Wildman–Crippen MR) is 340 cm³/mol. The standard InChI is InChI=1S/C71H114O12/c1-4-7-10-13-16-19-22-25-28-31-32-35-36-39-42-45-48-51-54-57-63(72)79-60-62(81-64(73)58-55-52-49-46-43-40-37-33-29-26-23-20-17-14-11-8-5-2)61-80-71-69(67(76)66(75)68(83-71)70(77)78)82-65(74)59-56-53-50-47-44-41-38-34-30-27-24-21-18-15-12-9-6-3/h8,11,16-21,25-30,32,35,37,40,46,49,62,66-69,71,75-76H,4-7,9-10,12-15,22-24,31,33-34,36,38-39,41-45,47-48,50-61H2,1-3H3,(H,77,78)/b11-8-,19-16-,20-17-,21-18-,28-25-,29-26-,30-27-,35-32-,40-37-,49-46-. The lowest BCUT2D eigenvalue weighted by atomic mass is 9.98. The van der Waals surface area contributed by atoms with Gasteiger partial charge in [0, 0.05) is 19.3 Å². The van der Waals surface area contributed by atoms with E-state index in [0.717, 1.165) is 141 Å². The van der Waals surface area contributed by atoms with E-state index in [1.807, 2.05) is 12.2 Å². The SMILES string of the molecule is CC/C=C\C/C=C\C/C=C\C/C=C\C/C=C\CCCC(=O)OC(COC(=O)CCCCCCCC/C=C\C/C=C\C/C=C\CCCCC)COC1OC(C(=O)O)C(O)C(O)C1OC(=O)CCCCCCCCC/C=C\C/C=C\CCCCC. The highest BCUT2D eigenvalue weighted by Gasteiger charge is 2.50. The molecule has 6 unspecified atom stereocenters. The number of allylic oxidation sites excluding steroid dienone is 20. The molecule has 83 heavy (non-hydrogen) atoms. The zero-order chi connectivity index (χ0) is 60.3. The minimum atomic E-state index is -1.92. The van der Waals surface area contributed by atoms with E-state index in [9.17, 15) is 34.5 Å². The molecule has 1 fully saturated rings. The van der Waals surface area contributed by atoms with Crippen LogP contribution in [0.5, 0.6) is 0 Å². The summed E-state index contributed by atoms with van der Waals surface area (Å²) in [5.41, 5.74) is 0. The molecule has 0 aromatic rings. The number of unbranched alkanes of at least 4 members (excludes halogenated alkanes) is 20. The second-order valence-electron chi connectivity index (χ2n) is 21.7. The number of carbonyl (C=O) groups is 4. The zero-order valence-electron chi connectivity index (χ0n) is 51.9. The first-order chi connectivity index (χ1) is 40.6. The molecule has 1 aliphatic heterocycles. The smallest absolute Gasteiger partial charge is 0.335 e. The van der Waals surface area contributed by atoms with Gasteiger partial charge in [0.2, 0.25) is 0 Å².